The molecule has 144 valence electrons. The minimum absolute atomic E-state index is 0.0422. The molecule has 1 saturated heterocycles. The molecule has 2 aromatic heterocycles. The molecule has 3 rings (SSSR count). The van der Waals surface area contributed by atoms with Crippen LogP contribution in [0.15, 0.2) is 45.5 Å². The van der Waals surface area contributed by atoms with E-state index < -0.39 is 33.9 Å². The summed E-state index contributed by atoms with van der Waals surface area (Å²) >= 11 is 1.22. The molecule has 2 amide bonds. The molecule has 2 aromatic rings. The fraction of sp³-hybridized carbons (Fsp3) is 0.312. The SMILES string of the molecule is O=C(Cn1cc(S(=O)(=O)N2CCCC2)ccc1=O)NNC(=O)c1cccs1. The van der Waals surface area contributed by atoms with Gasteiger partial charge < -0.3 is 4.57 Å². The topological polar surface area (TPSA) is 118 Å². The van der Waals surface area contributed by atoms with Gasteiger partial charge in [-0.3, -0.25) is 25.2 Å². The zero-order valence-electron chi connectivity index (χ0n) is 14.3. The smallest absolute Gasteiger partial charge is 0.279 e. The number of aromatic nitrogens is 1. The Labute approximate surface area is 159 Å². The predicted molar refractivity (Wildman–Crippen MR) is 98.6 cm³/mol. The summed E-state index contributed by atoms with van der Waals surface area (Å²) in [5.74, 6) is -1.13. The molecule has 1 aliphatic heterocycles. The third kappa shape index (κ3) is 4.43. The molecule has 9 nitrogen and oxygen atoms in total. The Bertz CT molecular complexity index is 992. The van der Waals surface area contributed by atoms with E-state index in [2.05, 4.69) is 10.9 Å². The van der Waals surface area contributed by atoms with Crippen molar-refractivity contribution in [3.8, 4) is 0 Å². The van der Waals surface area contributed by atoms with Gasteiger partial charge in [0.25, 0.3) is 17.4 Å². The van der Waals surface area contributed by atoms with E-state index >= 15 is 0 Å². The Balaban J connectivity index is 1.68. The Morgan fingerprint density at radius 1 is 1.11 bits per heavy atom. The minimum atomic E-state index is -3.70. The molecule has 27 heavy (non-hydrogen) atoms. The highest BCUT2D eigenvalue weighted by molar-refractivity contribution is 7.89. The van der Waals surface area contributed by atoms with Gasteiger partial charge in [-0.25, -0.2) is 8.42 Å². The minimum Gasteiger partial charge on any atom is -0.305 e. The first kappa shape index (κ1) is 19.3. The van der Waals surface area contributed by atoms with Crippen molar-refractivity contribution in [3.63, 3.8) is 0 Å². The number of nitrogens with one attached hydrogen (secondary N) is 2. The number of pyridine rings is 1. The third-order valence-corrected chi connectivity index (χ3v) is 6.78. The van der Waals surface area contributed by atoms with E-state index in [1.54, 1.807) is 17.5 Å². The number of hydrogen-bond acceptors (Lipinski definition) is 6. The van der Waals surface area contributed by atoms with Gasteiger partial charge in [0.15, 0.2) is 0 Å². The second kappa shape index (κ2) is 8.03. The van der Waals surface area contributed by atoms with E-state index in [0.29, 0.717) is 18.0 Å². The number of sulfonamides is 1. The third-order valence-electron chi connectivity index (χ3n) is 4.03. The summed E-state index contributed by atoms with van der Waals surface area (Å²) in [5, 5.41) is 1.72. The highest BCUT2D eigenvalue weighted by Gasteiger charge is 2.27. The molecule has 0 aliphatic carbocycles. The van der Waals surface area contributed by atoms with Crippen LogP contribution in [0.3, 0.4) is 0 Å². The van der Waals surface area contributed by atoms with E-state index in [1.807, 2.05) is 0 Å². The summed E-state index contributed by atoms with van der Waals surface area (Å²) in [6, 6.07) is 5.65. The van der Waals surface area contributed by atoms with Gasteiger partial charge >= 0.3 is 0 Å². The van der Waals surface area contributed by atoms with Gasteiger partial charge in [0.1, 0.15) is 6.54 Å². The van der Waals surface area contributed by atoms with Gasteiger partial charge in [0.05, 0.1) is 9.77 Å². The summed E-state index contributed by atoms with van der Waals surface area (Å²) in [4.78, 5) is 36.2. The fourth-order valence-electron chi connectivity index (χ4n) is 2.65. The molecule has 1 aliphatic rings. The zero-order valence-corrected chi connectivity index (χ0v) is 15.9. The second-order valence-corrected chi connectivity index (χ2v) is 8.81. The maximum absolute atomic E-state index is 12.6. The van der Waals surface area contributed by atoms with Gasteiger partial charge in [-0.05, 0) is 30.4 Å². The van der Waals surface area contributed by atoms with Gasteiger partial charge in [-0.1, -0.05) is 6.07 Å². The Morgan fingerprint density at radius 2 is 1.85 bits per heavy atom. The van der Waals surface area contributed by atoms with E-state index in [0.717, 1.165) is 29.7 Å². The molecule has 11 heteroatoms. The van der Waals surface area contributed by atoms with Gasteiger partial charge in [0.2, 0.25) is 10.0 Å². The molecule has 0 saturated carbocycles. The molecule has 2 N–H and O–H groups in total. The summed E-state index contributed by atoms with van der Waals surface area (Å²) < 4.78 is 27.5. The number of thiophene rings is 1. The van der Waals surface area contributed by atoms with Gasteiger partial charge in [0, 0.05) is 25.4 Å². The first-order valence-corrected chi connectivity index (χ1v) is 10.5. The number of nitrogens with zero attached hydrogens (tertiary/aromatic N) is 2. The van der Waals surface area contributed by atoms with E-state index in [-0.39, 0.29) is 4.90 Å². The van der Waals surface area contributed by atoms with Crippen molar-refractivity contribution in [1.82, 2.24) is 19.7 Å². The van der Waals surface area contributed by atoms with Crippen LogP contribution in [0.25, 0.3) is 0 Å². The maximum Gasteiger partial charge on any atom is 0.279 e. The molecule has 0 atom stereocenters. The lowest BCUT2D eigenvalue weighted by molar-refractivity contribution is -0.122. The molecule has 0 radical (unpaired) electrons. The van der Waals surface area contributed by atoms with Gasteiger partial charge in [-0.15, -0.1) is 11.3 Å². The largest absolute Gasteiger partial charge is 0.305 e. The molecule has 0 unspecified atom stereocenters. The van der Waals surface area contributed by atoms with Crippen LogP contribution in [0.4, 0.5) is 0 Å². The lowest BCUT2D eigenvalue weighted by Crippen LogP contribution is -2.44. The number of amides is 2. The van der Waals surface area contributed by atoms with Crippen LogP contribution in [0.1, 0.15) is 22.5 Å². The molecule has 0 spiro atoms. The molecular weight excluding hydrogens is 392 g/mol. The maximum atomic E-state index is 12.6. The number of carbonyl (C=O) groups excluding carboxylic acids is 2. The van der Waals surface area contributed by atoms with Crippen LogP contribution in [-0.4, -0.2) is 42.2 Å². The predicted octanol–water partition coefficient (Wildman–Crippen LogP) is 0.156. The average Bonchev–Trinajstić information content (AvgIpc) is 3.35. The summed E-state index contributed by atoms with van der Waals surface area (Å²) in [7, 11) is -3.70. The van der Waals surface area contributed by atoms with Crippen molar-refractivity contribution >= 4 is 33.2 Å². The Morgan fingerprint density at radius 3 is 2.52 bits per heavy atom. The van der Waals surface area contributed by atoms with Crippen molar-refractivity contribution in [2.75, 3.05) is 13.1 Å². The van der Waals surface area contributed by atoms with Crippen LogP contribution in [-0.2, 0) is 21.4 Å². The number of hydrazine groups is 1. The molecule has 0 bridgehead atoms. The highest BCUT2D eigenvalue weighted by atomic mass is 32.2. The summed E-state index contributed by atoms with van der Waals surface area (Å²) in [5.41, 5.74) is 3.93. The lowest BCUT2D eigenvalue weighted by atomic mass is 10.4. The van der Waals surface area contributed by atoms with E-state index in [1.165, 1.54) is 21.7 Å². The Hall–Kier alpha value is -2.50. The van der Waals surface area contributed by atoms with E-state index in [9.17, 15) is 22.8 Å². The summed E-state index contributed by atoms with van der Waals surface area (Å²) in [6.07, 6.45) is 2.74. The van der Waals surface area contributed by atoms with Crippen LogP contribution < -0.4 is 16.4 Å². The highest BCUT2D eigenvalue weighted by Crippen LogP contribution is 2.19. The van der Waals surface area contributed by atoms with Crippen molar-refractivity contribution in [3.05, 3.63) is 51.1 Å². The summed E-state index contributed by atoms with van der Waals surface area (Å²) in [6.45, 7) is 0.459. The van der Waals surface area contributed by atoms with Gasteiger partial charge in [-0.2, -0.15) is 4.31 Å². The second-order valence-electron chi connectivity index (χ2n) is 5.92. The quantitative estimate of drug-likeness (QED) is 0.681. The molecule has 3 heterocycles. The zero-order chi connectivity index (χ0) is 19.4. The number of carbonyl (C=O) groups is 2. The van der Waals surface area contributed by atoms with Crippen LogP contribution in [0.5, 0.6) is 0 Å². The van der Waals surface area contributed by atoms with Crippen LogP contribution in [0, 0.1) is 0 Å². The van der Waals surface area contributed by atoms with Crippen molar-refractivity contribution < 1.29 is 18.0 Å². The first-order chi connectivity index (χ1) is 12.9. The Kier molecular flexibility index (Phi) is 5.73. The molecular formula is C16H18N4O5S2. The average molecular weight is 410 g/mol. The van der Waals surface area contributed by atoms with Crippen molar-refractivity contribution in [1.29, 1.82) is 0 Å². The normalized spacial score (nSPS) is 14.8. The van der Waals surface area contributed by atoms with Crippen LogP contribution >= 0.6 is 11.3 Å². The molecule has 1 fully saturated rings. The monoisotopic (exact) mass is 410 g/mol. The van der Waals surface area contributed by atoms with E-state index in [4.69, 9.17) is 0 Å². The fourth-order valence-corrected chi connectivity index (χ4v) is 4.81. The van der Waals surface area contributed by atoms with Crippen LogP contribution in [0.2, 0.25) is 0 Å². The van der Waals surface area contributed by atoms with Crippen molar-refractivity contribution in [2.45, 2.75) is 24.3 Å². The first-order valence-electron chi connectivity index (χ1n) is 8.21. The number of hydrogen-bond donors (Lipinski definition) is 2. The molecule has 0 aromatic carbocycles. The standard InChI is InChI=1S/C16H18N4O5S2/c21-14(17-18-16(23)13-4-3-9-26-13)11-19-10-12(5-6-15(19)22)27(24,25)20-7-1-2-8-20/h3-6,9-10H,1-2,7-8,11H2,(H,17,21)(H,18,23). The van der Waals surface area contributed by atoms with Crippen molar-refractivity contribution in [2.24, 2.45) is 0 Å². The number of rotatable bonds is 5. The lowest BCUT2D eigenvalue weighted by Gasteiger charge is -2.16.